The number of nitrogens with zero attached hydrogens (tertiary/aromatic N) is 2. The predicted molar refractivity (Wildman–Crippen MR) is 72.9 cm³/mol. The van der Waals surface area contributed by atoms with Gasteiger partial charge in [0.05, 0.1) is 11.7 Å². The van der Waals surface area contributed by atoms with Crippen LogP contribution in [-0.2, 0) is 4.79 Å². The standard InChI is InChI=1S/C12H9ClN2O3S/c13-8-1-3-9(4-2-8)15(6-11(16)17)12(18)10-5-14-7-19-10/h1-5,7H,6H2,(H,16,17). The van der Waals surface area contributed by atoms with Crippen LogP contribution >= 0.6 is 22.9 Å². The number of amides is 1. The van der Waals surface area contributed by atoms with Gasteiger partial charge in [0.2, 0.25) is 0 Å². The van der Waals surface area contributed by atoms with Gasteiger partial charge in [0.15, 0.2) is 0 Å². The fourth-order valence-corrected chi connectivity index (χ4v) is 2.19. The van der Waals surface area contributed by atoms with E-state index in [-0.39, 0.29) is 0 Å². The number of carbonyl (C=O) groups excluding carboxylic acids is 1. The van der Waals surface area contributed by atoms with E-state index in [0.717, 1.165) is 11.3 Å². The van der Waals surface area contributed by atoms with Crippen LogP contribution in [0.5, 0.6) is 0 Å². The van der Waals surface area contributed by atoms with E-state index in [1.54, 1.807) is 24.3 Å². The van der Waals surface area contributed by atoms with E-state index < -0.39 is 18.4 Å². The lowest BCUT2D eigenvalue weighted by molar-refractivity contribution is -0.135. The molecule has 1 amide bonds. The van der Waals surface area contributed by atoms with Gasteiger partial charge >= 0.3 is 5.97 Å². The molecular formula is C12H9ClN2O3S. The zero-order valence-corrected chi connectivity index (χ0v) is 11.2. The second kappa shape index (κ2) is 5.81. The van der Waals surface area contributed by atoms with Crippen LogP contribution in [0.4, 0.5) is 5.69 Å². The number of thiazole rings is 1. The van der Waals surface area contributed by atoms with Crippen LogP contribution in [0.25, 0.3) is 0 Å². The molecule has 0 saturated carbocycles. The molecule has 7 heteroatoms. The zero-order chi connectivity index (χ0) is 13.8. The first-order valence-corrected chi connectivity index (χ1v) is 6.51. The van der Waals surface area contributed by atoms with Crippen molar-refractivity contribution in [2.45, 2.75) is 0 Å². The SMILES string of the molecule is O=C(O)CN(C(=O)c1cncs1)c1ccc(Cl)cc1. The van der Waals surface area contributed by atoms with Gasteiger partial charge in [-0.3, -0.25) is 19.5 Å². The largest absolute Gasteiger partial charge is 0.480 e. The smallest absolute Gasteiger partial charge is 0.323 e. The van der Waals surface area contributed by atoms with Crippen molar-refractivity contribution in [3.05, 3.63) is 45.9 Å². The molecule has 0 aliphatic heterocycles. The first-order valence-electron chi connectivity index (χ1n) is 5.25. The molecule has 0 radical (unpaired) electrons. The van der Waals surface area contributed by atoms with Crippen LogP contribution in [0.3, 0.4) is 0 Å². The van der Waals surface area contributed by atoms with E-state index in [9.17, 15) is 9.59 Å². The molecule has 0 atom stereocenters. The number of carbonyl (C=O) groups is 2. The molecule has 19 heavy (non-hydrogen) atoms. The van der Waals surface area contributed by atoms with Gasteiger partial charge in [-0.1, -0.05) is 11.6 Å². The van der Waals surface area contributed by atoms with Crippen LogP contribution in [0, 0.1) is 0 Å². The van der Waals surface area contributed by atoms with Crippen molar-refractivity contribution < 1.29 is 14.7 Å². The third-order valence-electron chi connectivity index (χ3n) is 2.32. The lowest BCUT2D eigenvalue weighted by atomic mass is 10.2. The number of hydrogen-bond donors (Lipinski definition) is 1. The van der Waals surface area contributed by atoms with E-state index in [0.29, 0.717) is 15.6 Å². The lowest BCUT2D eigenvalue weighted by Gasteiger charge is -2.19. The first kappa shape index (κ1) is 13.5. The second-order valence-electron chi connectivity index (χ2n) is 3.63. The van der Waals surface area contributed by atoms with Crippen LogP contribution in [0.1, 0.15) is 9.67 Å². The Morgan fingerprint density at radius 1 is 1.32 bits per heavy atom. The number of benzene rings is 1. The average molecular weight is 297 g/mol. The minimum absolute atomic E-state index is 0.385. The summed E-state index contributed by atoms with van der Waals surface area (Å²) in [5, 5.41) is 9.43. The van der Waals surface area contributed by atoms with Gasteiger partial charge in [0.25, 0.3) is 5.91 Å². The molecule has 0 fully saturated rings. The fourth-order valence-electron chi connectivity index (χ4n) is 1.49. The third kappa shape index (κ3) is 3.30. The summed E-state index contributed by atoms with van der Waals surface area (Å²) in [5.74, 6) is -1.49. The van der Waals surface area contributed by atoms with Gasteiger partial charge in [-0.25, -0.2) is 0 Å². The van der Waals surface area contributed by atoms with Gasteiger partial charge in [0.1, 0.15) is 11.4 Å². The maximum atomic E-state index is 12.2. The first-order chi connectivity index (χ1) is 9.08. The zero-order valence-electron chi connectivity index (χ0n) is 9.62. The molecule has 0 aliphatic carbocycles. The summed E-state index contributed by atoms with van der Waals surface area (Å²) in [6.07, 6.45) is 1.41. The maximum Gasteiger partial charge on any atom is 0.323 e. The topological polar surface area (TPSA) is 70.5 Å². The molecule has 2 aromatic rings. The number of carboxylic acid groups (broad SMARTS) is 1. The van der Waals surface area contributed by atoms with Gasteiger partial charge in [-0.2, -0.15) is 0 Å². The highest BCUT2D eigenvalue weighted by atomic mass is 35.5. The quantitative estimate of drug-likeness (QED) is 0.941. The summed E-state index contributed by atoms with van der Waals surface area (Å²) in [6, 6.07) is 6.41. The molecule has 1 aromatic carbocycles. The van der Waals surface area contributed by atoms with Crippen molar-refractivity contribution in [1.82, 2.24) is 4.98 Å². The molecule has 0 aliphatic rings. The van der Waals surface area contributed by atoms with Gasteiger partial charge in [-0.15, -0.1) is 11.3 Å². The molecule has 1 aromatic heterocycles. The molecule has 5 nitrogen and oxygen atoms in total. The predicted octanol–water partition coefficient (Wildman–Crippen LogP) is 2.53. The van der Waals surface area contributed by atoms with Crippen molar-refractivity contribution in [3.63, 3.8) is 0 Å². The molecule has 1 N–H and O–H groups in total. The van der Waals surface area contributed by atoms with Crippen molar-refractivity contribution in [2.24, 2.45) is 0 Å². The molecular weight excluding hydrogens is 288 g/mol. The number of hydrogen-bond acceptors (Lipinski definition) is 4. The average Bonchev–Trinajstić information content (AvgIpc) is 2.90. The Hall–Kier alpha value is -1.92. The molecule has 0 bridgehead atoms. The van der Waals surface area contributed by atoms with Crippen LogP contribution in [0.15, 0.2) is 36.0 Å². The van der Waals surface area contributed by atoms with Crippen molar-refractivity contribution in [2.75, 3.05) is 11.4 Å². The van der Waals surface area contributed by atoms with Crippen molar-refractivity contribution in [1.29, 1.82) is 0 Å². The van der Waals surface area contributed by atoms with Crippen LogP contribution < -0.4 is 4.90 Å². The maximum absolute atomic E-state index is 12.2. The molecule has 0 saturated heterocycles. The highest BCUT2D eigenvalue weighted by molar-refractivity contribution is 7.11. The van der Waals surface area contributed by atoms with Gasteiger partial charge in [0, 0.05) is 10.7 Å². The Morgan fingerprint density at radius 3 is 2.53 bits per heavy atom. The van der Waals surface area contributed by atoms with E-state index in [4.69, 9.17) is 16.7 Å². The summed E-state index contributed by atoms with van der Waals surface area (Å²) in [7, 11) is 0. The Labute approximate surface area is 118 Å². The van der Waals surface area contributed by atoms with Crippen LogP contribution in [-0.4, -0.2) is 28.5 Å². The van der Waals surface area contributed by atoms with E-state index in [2.05, 4.69) is 4.98 Å². The third-order valence-corrected chi connectivity index (χ3v) is 3.33. The lowest BCUT2D eigenvalue weighted by Crippen LogP contribution is -2.35. The minimum atomic E-state index is -1.09. The summed E-state index contributed by atoms with van der Waals surface area (Å²) in [5.41, 5.74) is 2.00. The number of carboxylic acids is 1. The Kier molecular flexibility index (Phi) is 4.13. The summed E-state index contributed by atoms with van der Waals surface area (Å²) >= 11 is 6.94. The minimum Gasteiger partial charge on any atom is -0.480 e. The Bertz CT molecular complexity index is 584. The van der Waals surface area contributed by atoms with Gasteiger partial charge in [-0.05, 0) is 24.3 Å². The fraction of sp³-hybridized carbons (Fsp3) is 0.0833. The number of halogens is 1. The molecule has 1 heterocycles. The summed E-state index contributed by atoms with van der Waals surface area (Å²) in [6.45, 7) is -0.418. The van der Waals surface area contributed by atoms with Crippen molar-refractivity contribution in [3.8, 4) is 0 Å². The molecule has 0 unspecified atom stereocenters. The summed E-state index contributed by atoms with van der Waals surface area (Å²) in [4.78, 5) is 28.5. The molecule has 2 rings (SSSR count). The highest BCUT2D eigenvalue weighted by Gasteiger charge is 2.21. The Balaban J connectivity index is 2.33. The highest BCUT2D eigenvalue weighted by Crippen LogP contribution is 2.21. The normalized spacial score (nSPS) is 10.2. The van der Waals surface area contributed by atoms with E-state index >= 15 is 0 Å². The number of anilines is 1. The van der Waals surface area contributed by atoms with E-state index in [1.807, 2.05) is 0 Å². The van der Waals surface area contributed by atoms with Gasteiger partial charge < -0.3 is 5.11 Å². The molecule has 98 valence electrons. The summed E-state index contributed by atoms with van der Waals surface area (Å²) < 4.78 is 0. The monoisotopic (exact) mass is 296 g/mol. The second-order valence-corrected chi connectivity index (χ2v) is 4.95. The number of aliphatic carboxylic acids is 1. The van der Waals surface area contributed by atoms with Crippen molar-refractivity contribution >= 4 is 40.5 Å². The van der Waals surface area contributed by atoms with Crippen LogP contribution in [0.2, 0.25) is 5.02 Å². The number of rotatable bonds is 4. The molecule has 0 spiro atoms. The Morgan fingerprint density at radius 2 is 2.00 bits per heavy atom. The number of aromatic nitrogens is 1. The van der Waals surface area contributed by atoms with E-state index in [1.165, 1.54) is 16.6 Å².